The molecule has 2 amide bonds. The molecule has 1 aromatic carbocycles. The molecule has 1 fully saturated rings. The molecule has 22 heavy (non-hydrogen) atoms. The number of benzene rings is 1. The third-order valence-corrected chi connectivity index (χ3v) is 4.72. The second-order valence-electron chi connectivity index (χ2n) is 5.92. The number of nitrogens with zero attached hydrogens (tertiary/aromatic N) is 1. The predicted octanol–water partition coefficient (Wildman–Crippen LogP) is 2.40. The highest BCUT2D eigenvalue weighted by Gasteiger charge is 2.62. The van der Waals surface area contributed by atoms with Gasteiger partial charge in [0.05, 0.1) is 22.1 Å². The minimum Gasteiger partial charge on any atom is -0.478 e. The highest BCUT2D eigenvalue weighted by atomic mass is 16.4. The molecule has 1 saturated heterocycles. The molecule has 2 aliphatic rings. The van der Waals surface area contributed by atoms with Gasteiger partial charge in [-0.15, -0.1) is 0 Å². The summed E-state index contributed by atoms with van der Waals surface area (Å²) in [5, 5.41) is 8.93. The van der Waals surface area contributed by atoms with Crippen LogP contribution >= 0.6 is 0 Å². The van der Waals surface area contributed by atoms with Gasteiger partial charge in [0.1, 0.15) is 0 Å². The molecule has 1 aliphatic heterocycles. The molecule has 1 aromatic rings. The standard InChI is InChI=1S/C17H15NO4/c1-16-9-3-4-10-17(16,2)15(22)18(14(16)21)12-7-5-11(6-8-12)13(19)20/h3-10H,1-2H3,(H,19,20)/t16-,17-/m0/s1. The molecule has 1 N–H and O–H groups in total. The molecule has 0 radical (unpaired) electrons. The highest BCUT2D eigenvalue weighted by molar-refractivity contribution is 6.26. The summed E-state index contributed by atoms with van der Waals surface area (Å²) < 4.78 is 0. The van der Waals surface area contributed by atoms with Gasteiger partial charge in [0.15, 0.2) is 0 Å². The Morgan fingerprint density at radius 1 is 0.955 bits per heavy atom. The maximum Gasteiger partial charge on any atom is 0.335 e. The first kappa shape index (κ1) is 14.3. The van der Waals surface area contributed by atoms with Crippen LogP contribution in [0.1, 0.15) is 24.2 Å². The van der Waals surface area contributed by atoms with Crippen molar-refractivity contribution in [3.63, 3.8) is 0 Å². The van der Waals surface area contributed by atoms with Gasteiger partial charge in [-0.3, -0.25) is 9.59 Å². The zero-order chi connectivity index (χ0) is 16.1. The largest absolute Gasteiger partial charge is 0.478 e. The smallest absolute Gasteiger partial charge is 0.335 e. The van der Waals surface area contributed by atoms with Gasteiger partial charge >= 0.3 is 5.97 Å². The van der Waals surface area contributed by atoms with Crippen LogP contribution in [0.25, 0.3) is 0 Å². The van der Waals surface area contributed by atoms with Crippen LogP contribution in [0.5, 0.6) is 0 Å². The number of allylic oxidation sites excluding steroid dienone is 2. The summed E-state index contributed by atoms with van der Waals surface area (Å²) in [6, 6.07) is 5.74. The number of amides is 2. The van der Waals surface area contributed by atoms with Crippen molar-refractivity contribution in [3.8, 4) is 0 Å². The molecule has 3 rings (SSSR count). The van der Waals surface area contributed by atoms with E-state index < -0.39 is 16.8 Å². The van der Waals surface area contributed by atoms with Crippen LogP contribution in [0.4, 0.5) is 5.69 Å². The van der Waals surface area contributed by atoms with Crippen LogP contribution < -0.4 is 4.90 Å². The van der Waals surface area contributed by atoms with Crippen molar-refractivity contribution >= 4 is 23.5 Å². The van der Waals surface area contributed by atoms with E-state index in [-0.39, 0.29) is 17.4 Å². The molecule has 0 saturated carbocycles. The SMILES string of the molecule is C[C@@]12C=CC=C[C@@]1(C)C(=O)N(c1ccc(C(=O)O)cc1)C2=O. The number of carboxylic acid groups (broad SMARTS) is 1. The van der Waals surface area contributed by atoms with Gasteiger partial charge in [0.2, 0.25) is 11.8 Å². The van der Waals surface area contributed by atoms with Gasteiger partial charge in [-0.25, -0.2) is 9.69 Å². The van der Waals surface area contributed by atoms with Gasteiger partial charge in [0.25, 0.3) is 0 Å². The molecular formula is C17H15NO4. The van der Waals surface area contributed by atoms with E-state index in [1.165, 1.54) is 24.3 Å². The van der Waals surface area contributed by atoms with Crippen molar-refractivity contribution in [2.45, 2.75) is 13.8 Å². The summed E-state index contributed by atoms with van der Waals surface area (Å²) in [4.78, 5) is 37.6. The lowest BCUT2D eigenvalue weighted by Gasteiger charge is -2.32. The first-order valence-corrected chi connectivity index (χ1v) is 6.91. The Kier molecular flexibility index (Phi) is 2.85. The van der Waals surface area contributed by atoms with Crippen LogP contribution in [-0.4, -0.2) is 22.9 Å². The minimum absolute atomic E-state index is 0.109. The fourth-order valence-corrected chi connectivity index (χ4v) is 2.97. The quantitative estimate of drug-likeness (QED) is 0.851. The number of carboxylic acids is 1. The molecule has 112 valence electrons. The minimum atomic E-state index is -1.05. The Morgan fingerprint density at radius 3 is 1.82 bits per heavy atom. The van der Waals surface area contributed by atoms with Crippen molar-refractivity contribution in [1.29, 1.82) is 0 Å². The van der Waals surface area contributed by atoms with Crippen LogP contribution in [0, 0.1) is 10.8 Å². The van der Waals surface area contributed by atoms with Gasteiger partial charge in [0, 0.05) is 0 Å². The van der Waals surface area contributed by atoms with Crippen molar-refractivity contribution in [2.24, 2.45) is 10.8 Å². The number of aromatic carboxylic acids is 1. The van der Waals surface area contributed by atoms with Crippen molar-refractivity contribution < 1.29 is 19.5 Å². The van der Waals surface area contributed by atoms with Crippen LogP contribution in [0.3, 0.4) is 0 Å². The zero-order valence-electron chi connectivity index (χ0n) is 12.2. The number of anilines is 1. The first-order chi connectivity index (χ1) is 10.3. The molecular weight excluding hydrogens is 282 g/mol. The summed E-state index contributed by atoms with van der Waals surface area (Å²) in [5.41, 5.74) is -1.36. The Labute approximate surface area is 127 Å². The summed E-state index contributed by atoms with van der Waals surface area (Å²) >= 11 is 0. The Hall–Kier alpha value is -2.69. The van der Waals surface area contributed by atoms with Crippen LogP contribution in [0.15, 0.2) is 48.6 Å². The Bertz CT molecular complexity index is 710. The van der Waals surface area contributed by atoms with E-state index in [4.69, 9.17) is 5.11 Å². The van der Waals surface area contributed by atoms with Crippen LogP contribution in [-0.2, 0) is 9.59 Å². The maximum atomic E-state index is 12.8. The number of imide groups is 1. The summed E-state index contributed by atoms with van der Waals surface area (Å²) in [5.74, 6) is -1.66. The lowest BCUT2D eigenvalue weighted by Crippen LogP contribution is -2.38. The van der Waals surface area contributed by atoms with Gasteiger partial charge in [-0.05, 0) is 38.1 Å². The lowest BCUT2D eigenvalue weighted by atomic mass is 9.65. The molecule has 0 unspecified atom stereocenters. The van der Waals surface area contributed by atoms with E-state index in [0.29, 0.717) is 5.69 Å². The first-order valence-electron chi connectivity index (χ1n) is 6.91. The molecule has 5 nitrogen and oxygen atoms in total. The number of carbonyl (C=O) groups is 3. The third kappa shape index (κ3) is 1.62. The Morgan fingerprint density at radius 2 is 1.41 bits per heavy atom. The number of fused-ring (bicyclic) bond motifs is 1. The normalized spacial score (nSPS) is 29.8. The average molecular weight is 297 g/mol. The number of hydrogen-bond donors (Lipinski definition) is 1. The predicted molar refractivity (Wildman–Crippen MR) is 80.4 cm³/mol. The van der Waals surface area contributed by atoms with Gasteiger partial charge in [-0.1, -0.05) is 24.3 Å². The number of rotatable bonds is 2. The third-order valence-electron chi connectivity index (χ3n) is 4.72. The van der Waals surface area contributed by atoms with Gasteiger partial charge in [-0.2, -0.15) is 0 Å². The molecule has 1 aliphatic carbocycles. The second kappa shape index (κ2) is 4.40. The fraction of sp³-hybridized carbons (Fsp3) is 0.235. The van der Waals surface area contributed by atoms with Crippen molar-refractivity contribution in [2.75, 3.05) is 4.90 Å². The molecule has 1 heterocycles. The van der Waals surface area contributed by atoms with Gasteiger partial charge < -0.3 is 5.11 Å². The lowest BCUT2D eigenvalue weighted by molar-refractivity contribution is -0.125. The van der Waals surface area contributed by atoms with Crippen molar-refractivity contribution in [1.82, 2.24) is 0 Å². The highest BCUT2D eigenvalue weighted by Crippen LogP contribution is 2.52. The van der Waals surface area contributed by atoms with E-state index in [1.54, 1.807) is 38.2 Å². The van der Waals surface area contributed by atoms with E-state index in [2.05, 4.69) is 0 Å². The summed E-state index contributed by atoms with van der Waals surface area (Å²) in [6.45, 7) is 3.50. The second-order valence-corrected chi connectivity index (χ2v) is 5.92. The monoisotopic (exact) mass is 297 g/mol. The van der Waals surface area contributed by atoms with Crippen molar-refractivity contribution in [3.05, 3.63) is 54.1 Å². The van der Waals surface area contributed by atoms with E-state index in [1.807, 2.05) is 0 Å². The average Bonchev–Trinajstić information content (AvgIpc) is 2.65. The molecule has 0 spiro atoms. The Balaban J connectivity index is 2.07. The molecule has 2 atom stereocenters. The number of hydrogen-bond acceptors (Lipinski definition) is 3. The summed E-state index contributed by atoms with van der Waals surface area (Å²) in [7, 11) is 0. The zero-order valence-corrected chi connectivity index (χ0v) is 12.2. The van der Waals surface area contributed by atoms with E-state index in [0.717, 1.165) is 4.90 Å². The van der Waals surface area contributed by atoms with Crippen LogP contribution in [0.2, 0.25) is 0 Å². The molecule has 0 bridgehead atoms. The molecule has 0 aromatic heterocycles. The summed E-state index contributed by atoms with van der Waals surface area (Å²) in [6.07, 6.45) is 7.03. The maximum absolute atomic E-state index is 12.8. The topological polar surface area (TPSA) is 74.7 Å². The van der Waals surface area contributed by atoms with E-state index >= 15 is 0 Å². The molecule has 5 heteroatoms. The number of carbonyl (C=O) groups excluding carboxylic acids is 2. The fourth-order valence-electron chi connectivity index (χ4n) is 2.97. The van der Waals surface area contributed by atoms with E-state index in [9.17, 15) is 14.4 Å².